The Hall–Kier alpha value is -1.93. The van der Waals surface area contributed by atoms with Gasteiger partial charge in [-0.2, -0.15) is 0 Å². The maximum Gasteiger partial charge on any atom is 0.332 e. The zero-order valence-corrected chi connectivity index (χ0v) is 24.7. The van der Waals surface area contributed by atoms with Crippen LogP contribution in [-0.2, 0) is 20.6 Å². The number of nitrogens with one attached hydrogen (secondary N) is 1. The monoisotopic (exact) mass is 533 g/mol. The van der Waals surface area contributed by atoms with Gasteiger partial charge in [0.25, 0.3) is 5.56 Å². The first-order valence-electron chi connectivity index (χ1n) is 15.4. The fourth-order valence-corrected chi connectivity index (χ4v) is 5.35. The molecule has 0 bridgehead atoms. The molecule has 0 aromatic carbocycles. The van der Waals surface area contributed by atoms with Gasteiger partial charge >= 0.3 is 5.69 Å². The summed E-state index contributed by atoms with van der Waals surface area (Å²) in [6, 6.07) is 0.828. The van der Waals surface area contributed by atoms with Crippen LogP contribution in [0, 0.1) is 0 Å². The predicted molar refractivity (Wildman–Crippen MR) is 158 cm³/mol. The molecule has 218 valence electrons. The van der Waals surface area contributed by atoms with Crippen LogP contribution in [0.2, 0.25) is 0 Å². The Kier molecular flexibility index (Phi) is 15.6. The second-order valence-corrected chi connectivity index (χ2v) is 11.3. The van der Waals surface area contributed by atoms with Crippen molar-refractivity contribution in [3.05, 3.63) is 27.2 Å². The van der Waals surface area contributed by atoms with Crippen molar-refractivity contribution in [1.29, 1.82) is 0 Å². The van der Waals surface area contributed by atoms with Gasteiger partial charge < -0.3 is 15.0 Å². The minimum absolute atomic E-state index is 0.234. The van der Waals surface area contributed by atoms with Crippen LogP contribution in [0.3, 0.4) is 0 Å². The molecule has 2 unspecified atom stereocenters. The Balaban J connectivity index is 0.000000293. The standard InChI is InChI=1S/C16H26N4O3.C14H29N/c1-12(21)9-7-5-4-6-8-10-20-15(22)13-14(17-11-18(13)2)19(3)16(20)23;1-2-3-8-11-14-12-9-6-4-5-7-10-13-15-14/h11-12,21H,4-10H2,1-3H3;14-15H,2-13H2,1H3. The fourth-order valence-electron chi connectivity index (χ4n) is 5.35. The summed E-state index contributed by atoms with van der Waals surface area (Å²) >= 11 is 0. The van der Waals surface area contributed by atoms with Crippen LogP contribution >= 0.6 is 0 Å². The summed E-state index contributed by atoms with van der Waals surface area (Å²) in [6.45, 7) is 5.79. The Morgan fingerprint density at radius 2 is 1.66 bits per heavy atom. The topological polar surface area (TPSA) is 94.1 Å². The van der Waals surface area contributed by atoms with Gasteiger partial charge in [-0.25, -0.2) is 9.78 Å². The van der Waals surface area contributed by atoms with E-state index in [2.05, 4.69) is 17.2 Å². The zero-order valence-electron chi connectivity index (χ0n) is 24.7. The molecule has 1 aliphatic rings. The molecule has 2 aromatic rings. The van der Waals surface area contributed by atoms with Crippen molar-refractivity contribution in [2.24, 2.45) is 14.1 Å². The molecule has 38 heavy (non-hydrogen) atoms. The van der Waals surface area contributed by atoms with Crippen LogP contribution in [0.1, 0.15) is 123 Å². The van der Waals surface area contributed by atoms with Gasteiger partial charge in [-0.3, -0.25) is 13.9 Å². The number of aliphatic hydroxyl groups is 1. The highest BCUT2D eigenvalue weighted by molar-refractivity contribution is 5.69. The molecular weight excluding hydrogens is 478 g/mol. The van der Waals surface area contributed by atoms with Crippen molar-refractivity contribution in [2.75, 3.05) is 6.54 Å². The van der Waals surface area contributed by atoms with Crippen molar-refractivity contribution >= 4 is 11.2 Å². The van der Waals surface area contributed by atoms with E-state index in [0.29, 0.717) is 17.7 Å². The van der Waals surface area contributed by atoms with Crippen LogP contribution in [0.15, 0.2) is 15.9 Å². The number of rotatable bonds is 12. The first-order valence-corrected chi connectivity index (χ1v) is 15.4. The van der Waals surface area contributed by atoms with Crippen LogP contribution in [0.4, 0.5) is 0 Å². The molecule has 2 atom stereocenters. The fraction of sp³-hybridized carbons (Fsp3) is 0.833. The summed E-state index contributed by atoms with van der Waals surface area (Å²) in [4.78, 5) is 28.9. The van der Waals surface area contributed by atoms with E-state index in [0.717, 1.165) is 44.6 Å². The first-order chi connectivity index (χ1) is 18.4. The number of fused-ring (bicyclic) bond motifs is 1. The van der Waals surface area contributed by atoms with Crippen molar-refractivity contribution in [3.8, 4) is 0 Å². The summed E-state index contributed by atoms with van der Waals surface area (Å²) < 4.78 is 4.39. The molecule has 0 saturated carbocycles. The van der Waals surface area contributed by atoms with Gasteiger partial charge in [-0.05, 0) is 45.6 Å². The van der Waals surface area contributed by atoms with Gasteiger partial charge in [0.2, 0.25) is 0 Å². The summed E-state index contributed by atoms with van der Waals surface area (Å²) in [7, 11) is 3.40. The molecule has 0 aliphatic carbocycles. The molecule has 0 amide bonds. The Morgan fingerprint density at radius 1 is 0.974 bits per heavy atom. The van der Waals surface area contributed by atoms with Gasteiger partial charge in [0.05, 0.1) is 12.4 Å². The van der Waals surface area contributed by atoms with Crippen molar-refractivity contribution in [1.82, 2.24) is 24.0 Å². The molecule has 2 aromatic heterocycles. The molecule has 3 heterocycles. The Labute approximate surface area is 229 Å². The average molecular weight is 534 g/mol. The summed E-state index contributed by atoms with van der Waals surface area (Å²) in [6.07, 6.45) is 22.8. The predicted octanol–water partition coefficient (Wildman–Crippen LogP) is 5.42. The quantitative estimate of drug-likeness (QED) is 0.355. The molecule has 8 heteroatoms. The van der Waals surface area contributed by atoms with Crippen molar-refractivity contribution in [2.45, 2.75) is 142 Å². The molecule has 1 saturated heterocycles. The number of imidazole rings is 1. The smallest absolute Gasteiger partial charge is 0.332 e. The first kappa shape index (κ1) is 32.3. The maximum absolute atomic E-state index is 12.5. The summed E-state index contributed by atoms with van der Waals surface area (Å²) in [5, 5.41) is 12.9. The SMILES string of the molecule is CC(O)CCCCCCCn1c(=O)c2c(ncn2C)n(C)c1=O.CCCCCC1CCCCCCCCN1. The highest BCUT2D eigenvalue weighted by Gasteiger charge is 2.14. The molecule has 0 spiro atoms. The highest BCUT2D eigenvalue weighted by atomic mass is 16.3. The minimum atomic E-state index is -0.310. The van der Waals surface area contributed by atoms with E-state index in [-0.39, 0.29) is 17.4 Å². The number of hydrogen-bond donors (Lipinski definition) is 2. The zero-order chi connectivity index (χ0) is 27.8. The highest BCUT2D eigenvalue weighted by Crippen LogP contribution is 2.15. The third kappa shape index (κ3) is 11.0. The molecule has 3 rings (SSSR count). The van der Waals surface area contributed by atoms with E-state index in [1.807, 2.05) is 0 Å². The number of hydrogen-bond acceptors (Lipinski definition) is 5. The third-order valence-electron chi connectivity index (χ3n) is 7.77. The molecule has 8 nitrogen and oxygen atoms in total. The second-order valence-electron chi connectivity index (χ2n) is 11.3. The van der Waals surface area contributed by atoms with Crippen molar-refractivity contribution in [3.63, 3.8) is 0 Å². The molecule has 1 aliphatic heterocycles. The van der Waals surface area contributed by atoms with Crippen LogP contribution in [-0.4, -0.2) is 42.5 Å². The van der Waals surface area contributed by atoms with E-state index >= 15 is 0 Å². The van der Waals surface area contributed by atoms with E-state index in [4.69, 9.17) is 0 Å². The third-order valence-corrected chi connectivity index (χ3v) is 7.77. The lowest BCUT2D eigenvalue weighted by atomic mass is 9.99. The largest absolute Gasteiger partial charge is 0.393 e. The van der Waals surface area contributed by atoms with Crippen LogP contribution < -0.4 is 16.6 Å². The summed E-state index contributed by atoms with van der Waals surface area (Å²) in [5.41, 5.74) is 0.313. The lowest BCUT2D eigenvalue weighted by molar-refractivity contribution is 0.180. The van der Waals surface area contributed by atoms with Gasteiger partial charge in [0, 0.05) is 26.7 Å². The normalized spacial score (nSPS) is 17.7. The molecular formula is C30H55N5O3. The van der Waals surface area contributed by atoms with E-state index < -0.39 is 0 Å². The number of aryl methyl sites for hydroxylation is 2. The van der Waals surface area contributed by atoms with E-state index in [1.165, 1.54) is 86.3 Å². The molecule has 2 N–H and O–H groups in total. The molecule has 0 radical (unpaired) electrons. The van der Waals surface area contributed by atoms with Crippen LogP contribution in [0.5, 0.6) is 0 Å². The van der Waals surface area contributed by atoms with E-state index in [9.17, 15) is 14.7 Å². The number of aliphatic hydroxyl groups excluding tert-OH is 1. The number of unbranched alkanes of at least 4 members (excludes halogenated alkanes) is 6. The van der Waals surface area contributed by atoms with Gasteiger partial charge in [-0.15, -0.1) is 0 Å². The van der Waals surface area contributed by atoms with Gasteiger partial charge in [0.15, 0.2) is 11.2 Å². The van der Waals surface area contributed by atoms with E-state index in [1.54, 1.807) is 31.9 Å². The van der Waals surface area contributed by atoms with Gasteiger partial charge in [0.1, 0.15) is 0 Å². The van der Waals surface area contributed by atoms with Crippen LogP contribution in [0.25, 0.3) is 11.2 Å². The number of aromatic nitrogens is 4. The number of nitrogens with zero attached hydrogens (tertiary/aromatic N) is 4. The van der Waals surface area contributed by atoms with Crippen molar-refractivity contribution < 1.29 is 5.11 Å². The summed E-state index contributed by atoms with van der Waals surface area (Å²) in [5.74, 6) is 0. The van der Waals surface area contributed by atoms with Gasteiger partial charge in [-0.1, -0.05) is 84.0 Å². The minimum Gasteiger partial charge on any atom is -0.393 e. The lowest BCUT2D eigenvalue weighted by Crippen LogP contribution is -2.39. The molecule has 1 fully saturated rings. The Morgan fingerprint density at radius 3 is 2.39 bits per heavy atom. The maximum atomic E-state index is 12.5. The average Bonchev–Trinajstić information content (AvgIpc) is 3.29. The second kappa shape index (κ2) is 18.4. The Bertz CT molecular complexity index is 1010. The lowest BCUT2D eigenvalue weighted by Gasteiger charge is -2.20.